The van der Waals surface area contributed by atoms with Crippen molar-refractivity contribution in [1.29, 1.82) is 0 Å². The van der Waals surface area contributed by atoms with E-state index in [1.165, 1.54) is 0 Å². The summed E-state index contributed by atoms with van der Waals surface area (Å²) in [6.07, 6.45) is 1.89. The van der Waals surface area contributed by atoms with Crippen molar-refractivity contribution in [3.8, 4) is 23.5 Å². The van der Waals surface area contributed by atoms with Gasteiger partial charge in [-0.25, -0.2) is 4.98 Å². The molecule has 4 aromatic rings. The molecule has 0 fully saturated rings. The molecular formula is C18H12N2O3. The summed E-state index contributed by atoms with van der Waals surface area (Å²) in [6.45, 7) is 0. The number of fused-ring (bicyclic) bond motifs is 1. The molecule has 0 amide bonds. The molecule has 0 bridgehead atoms. The maximum absolute atomic E-state index is 5.63. The third kappa shape index (κ3) is 2.98. The van der Waals surface area contributed by atoms with Crippen LogP contribution in [0.25, 0.3) is 11.1 Å². The molecule has 2 aromatic carbocycles. The summed E-state index contributed by atoms with van der Waals surface area (Å²) in [5.74, 6) is 1.83. The fourth-order valence-corrected chi connectivity index (χ4v) is 2.10. The van der Waals surface area contributed by atoms with Gasteiger partial charge in [0.1, 0.15) is 17.0 Å². The first-order chi connectivity index (χ1) is 11.4. The van der Waals surface area contributed by atoms with Crippen molar-refractivity contribution in [2.45, 2.75) is 0 Å². The lowest BCUT2D eigenvalue weighted by atomic mass is 10.3. The van der Waals surface area contributed by atoms with Crippen molar-refractivity contribution >= 4 is 11.1 Å². The van der Waals surface area contributed by atoms with Crippen LogP contribution in [0.2, 0.25) is 0 Å². The normalized spacial score (nSPS) is 10.6. The zero-order chi connectivity index (χ0) is 15.5. The van der Waals surface area contributed by atoms with Gasteiger partial charge >= 0.3 is 6.08 Å². The number of rotatable bonds is 4. The Morgan fingerprint density at radius 2 is 1.48 bits per heavy atom. The molecule has 0 aliphatic carbocycles. The molecule has 0 aliphatic rings. The lowest BCUT2D eigenvalue weighted by Crippen LogP contribution is -1.87. The minimum absolute atomic E-state index is 0.213. The lowest BCUT2D eigenvalue weighted by Gasteiger charge is -2.05. The Balaban J connectivity index is 1.49. The van der Waals surface area contributed by atoms with E-state index >= 15 is 0 Å². The number of oxazole rings is 1. The highest BCUT2D eigenvalue weighted by Gasteiger charge is 2.07. The first kappa shape index (κ1) is 13.3. The Morgan fingerprint density at radius 3 is 2.22 bits per heavy atom. The Morgan fingerprint density at radius 1 is 0.739 bits per heavy atom. The van der Waals surface area contributed by atoms with Gasteiger partial charge in [-0.1, -0.05) is 18.2 Å². The topological polar surface area (TPSA) is 57.4 Å². The lowest BCUT2D eigenvalue weighted by molar-refractivity contribution is 0.342. The quantitative estimate of drug-likeness (QED) is 0.541. The van der Waals surface area contributed by atoms with Crippen molar-refractivity contribution in [2.75, 3.05) is 0 Å². The average Bonchev–Trinajstić information content (AvgIpc) is 3.00. The van der Waals surface area contributed by atoms with E-state index in [0.29, 0.717) is 23.0 Å². The van der Waals surface area contributed by atoms with Gasteiger partial charge in [0.15, 0.2) is 5.58 Å². The third-order valence-electron chi connectivity index (χ3n) is 3.16. The summed E-state index contributed by atoms with van der Waals surface area (Å²) < 4.78 is 16.8. The molecule has 0 saturated heterocycles. The van der Waals surface area contributed by atoms with Crippen LogP contribution in [-0.4, -0.2) is 9.97 Å². The van der Waals surface area contributed by atoms with E-state index in [1.807, 2.05) is 36.4 Å². The Hall–Kier alpha value is -3.34. The second-order valence-electron chi connectivity index (χ2n) is 4.79. The molecule has 0 spiro atoms. The second kappa shape index (κ2) is 5.81. The summed E-state index contributed by atoms with van der Waals surface area (Å²) in [4.78, 5) is 8.38. The van der Waals surface area contributed by atoms with E-state index < -0.39 is 0 Å². The predicted molar refractivity (Wildman–Crippen MR) is 84.8 cm³/mol. The van der Waals surface area contributed by atoms with Crippen LogP contribution in [0, 0.1) is 0 Å². The van der Waals surface area contributed by atoms with Gasteiger partial charge in [-0.2, -0.15) is 4.98 Å². The van der Waals surface area contributed by atoms with E-state index in [9.17, 15) is 0 Å². The average molecular weight is 304 g/mol. The van der Waals surface area contributed by atoms with Crippen LogP contribution in [0.4, 0.5) is 0 Å². The fourth-order valence-electron chi connectivity index (χ4n) is 2.10. The summed E-state index contributed by atoms with van der Waals surface area (Å²) in [6, 6.07) is 20.2. The van der Waals surface area contributed by atoms with E-state index in [0.717, 1.165) is 5.52 Å². The number of para-hydroxylation sites is 2. The van der Waals surface area contributed by atoms with Gasteiger partial charge in [0.2, 0.25) is 5.88 Å². The third-order valence-corrected chi connectivity index (χ3v) is 3.16. The van der Waals surface area contributed by atoms with Crippen LogP contribution in [0.5, 0.6) is 23.5 Å². The van der Waals surface area contributed by atoms with Crippen molar-refractivity contribution in [3.63, 3.8) is 0 Å². The second-order valence-corrected chi connectivity index (χ2v) is 4.79. The molecule has 0 aliphatic heterocycles. The molecule has 0 unspecified atom stereocenters. The maximum Gasteiger partial charge on any atom is 0.400 e. The number of aromatic nitrogens is 2. The van der Waals surface area contributed by atoms with Gasteiger partial charge in [-0.15, -0.1) is 0 Å². The SMILES string of the molecule is c1ccc(Oc2ccc(Oc3nc4ccccc4o3)cc2)nc1. The van der Waals surface area contributed by atoms with Crippen molar-refractivity contribution in [3.05, 3.63) is 72.9 Å². The molecule has 0 N–H and O–H groups in total. The van der Waals surface area contributed by atoms with Gasteiger partial charge in [-0.3, -0.25) is 0 Å². The fraction of sp³-hybridized carbons (Fsp3) is 0. The molecule has 0 atom stereocenters. The van der Waals surface area contributed by atoms with E-state index in [2.05, 4.69) is 9.97 Å². The Labute approximate surface area is 132 Å². The Kier molecular flexibility index (Phi) is 3.37. The minimum Gasteiger partial charge on any atom is -0.439 e. The van der Waals surface area contributed by atoms with Gasteiger partial charge in [0, 0.05) is 12.3 Å². The summed E-state index contributed by atoms with van der Waals surface area (Å²) in [7, 11) is 0. The molecule has 0 radical (unpaired) electrons. The summed E-state index contributed by atoms with van der Waals surface area (Å²) in [5, 5.41) is 0. The molecule has 23 heavy (non-hydrogen) atoms. The number of ether oxygens (including phenoxy) is 2. The molecule has 2 heterocycles. The summed E-state index contributed by atoms with van der Waals surface area (Å²) in [5.41, 5.74) is 1.45. The molecule has 4 rings (SSSR count). The zero-order valence-corrected chi connectivity index (χ0v) is 12.0. The molecule has 2 aromatic heterocycles. The highest BCUT2D eigenvalue weighted by molar-refractivity contribution is 5.72. The van der Waals surface area contributed by atoms with Gasteiger partial charge < -0.3 is 13.9 Å². The van der Waals surface area contributed by atoms with Crippen LogP contribution in [0.3, 0.4) is 0 Å². The van der Waals surface area contributed by atoms with Crippen molar-refractivity contribution in [1.82, 2.24) is 9.97 Å². The molecular weight excluding hydrogens is 292 g/mol. The number of hydrogen-bond donors (Lipinski definition) is 0. The van der Waals surface area contributed by atoms with E-state index in [4.69, 9.17) is 13.9 Å². The van der Waals surface area contributed by atoms with E-state index in [-0.39, 0.29) is 6.08 Å². The number of nitrogens with zero attached hydrogens (tertiary/aromatic N) is 2. The number of benzene rings is 2. The van der Waals surface area contributed by atoms with Crippen LogP contribution in [-0.2, 0) is 0 Å². The molecule has 0 saturated carbocycles. The van der Waals surface area contributed by atoms with Crippen LogP contribution < -0.4 is 9.47 Å². The maximum atomic E-state index is 5.63. The van der Waals surface area contributed by atoms with Gasteiger partial charge in [0.25, 0.3) is 0 Å². The largest absolute Gasteiger partial charge is 0.439 e. The number of hydrogen-bond acceptors (Lipinski definition) is 5. The number of pyridine rings is 1. The van der Waals surface area contributed by atoms with Crippen LogP contribution in [0.1, 0.15) is 0 Å². The zero-order valence-electron chi connectivity index (χ0n) is 12.0. The highest BCUT2D eigenvalue weighted by atomic mass is 16.6. The Bertz CT molecular complexity index is 885. The first-order valence-corrected chi connectivity index (χ1v) is 7.09. The molecule has 112 valence electrons. The van der Waals surface area contributed by atoms with Gasteiger partial charge in [0.05, 0.1) is 0 Å². The monoisotopic (exact) mass is 304 g/mol. The molecule has 5 nitrogen and oxygen atoms in total. The summed E-state index contributed by atoms with van der Waals surface area (Å²) >= 11 is 0. The standard InChI is InChI=1S/C18H12N2O3/c1-2-6-16-15(5-1)20-18(23-16)22-14-10-8-13(9-11-14)21-17-7-3-4-12-19-17/h1-12H. The van der Waals surface area contributed by atoms with Crippen LogP contribution in [0.15, 0.2) is 77.3 Å². The highest BCUT2D eigenvalue weighted by Crippen LogP contribution is 2.27. The van der Waals surface area contributed by atoms with Gasteiger partial charge in [-0.05, 0) is 42.5 Å². The first-order valence-electron chi connectivity index (χ1n) is 7.09. The minimum atomic E-state index is 0.213. The van der Waals surface area contributed by atoms with Crippen molar-refractivity contribution < 1.29 is 13.9 Å². The molecule has 5 heteroatoms. The predicted octanol–water partition coefficient (Wildman–Crippen LogP) is 4.81. The van der Waals surface area contributed by atoms with E-state index in [1.54, 1.807) is 36.5 Å². The van der Waals surface area contributed by atoms with Crippen LogP contribution >= 0.6 is 0 Å². The van der Waals surface area contributed by atoms with Crippen molar-refractivity contribution in [2.24, 2.45) is 0 Å². The smallest absolute Gasteiger partial charge is 0.400 e.